The van der Waals surface area contributed by atoms with Gasteiger partial charge in [0.15, 0.2) is 0 Å². The highest BCUT2D eigenvalue weighted by Gasteiger charge is 2.12. The first-order valence-electron chi connectivity index (χ1n) is 9.02. The molecule has 0 saturated carbocycles. The van der Waals surface area contributed by atoms with Crippen LogP contribution in [0.2, 0.25) is 5.02 Å². The van der Waals surface area contributed by atoms with E-state index in [0.29, 0.717) is 5.56 Å². The summed E-state index contributed by atoms with van der Waals surface area (Å²) in [6.07, 6.45) is -0.690. The van der Waals surface area contributed by atoms with Gasteiger partial charge in [-0.05, 0) is 47.5 Å². The van der Waals surface area contributed by atoms with E-state index in [0.717, 1.165) is 5.56 Å². The molecule has 6 nitrogen and oxygen atoms in total. The Hall–Kier alpha value is -3.42. The lowest BCUT2D eigenvalue weighted by Gasteiger charge is -2.11. The summed E-state index contributed by atoms with van der Waals surface area (Å²) < 4.78 is 18.8. The lowest BCUT2D eigenvalue weighted by molar-refractivity contribution is 0.102. The van der Waals surface area contributed by atoms with Crippen molar-refractivity contribution in [1.29, 1.82) is 0 Å². The molecule has 3 aromatic rings. The standard InChI is InChI=1S/C22H19ClFN3O3/c23-17-8-16(21(28)26-19-7-15(12-25)6-18(24)11-19)9-20(10-17)27-22(29)30-13-14-4-2-1-3-5-14/h1-11H,12-13,25H2,(H,26,28)(H,27,29). The molecule has 0 heterocycles. The smallest absolute Gasteiger partial charge is 0.411 e. The van der Waals surface area contributed by atoms with Crippen LogP contribution in [0, 0.1) is 5.82 Å². The van der Waals surface area contributed by atoms with E-state index < -0.39 is 17.8 Å². The Balaban J connectivity index is 1.67. The van der Waals surface area contributed by atoms with Gasteiger partial charge in [0.2, 0.25) is 0 Å². The summed E-state index contributed by atoms with van der Waals surface area (Å²) in [6, 6.07) is 17.6. The summed E-state index contributed by atoms with van der Waals surface area (Å²) in [5.74, 6) is -1.03. The largest absolute Gasteiger partial charge is 0.444 e. The first-order chi connectivity index (χ1) is 14.4. The molecule has 0 aliphatic rings. The van der Waals surface area contributed by atoms with Crippen molar-refractivity contribution in [2.45, 2.75) is 13.2 Å². The van der Waals surface area contributed by atoms with Crippen LogP contribution >= 0.6 is 11.6 Å². The number of nitrogens with one attached hydrogen (secondary N) is 2. The van der Waals surface area contributed by atoms with Gasteiger partial charge in [-0.3, -0.25) is 10.1 Å². The average Bonchev–Trinajstić information content (AvgIpc) is 2.72. The zero-order valence-corrected chi connectivity index (χ0v) is 16.6. The maximum atomic E-state index is 13.6. The number of carbonyl (C=O) groups excluding carboxylic acids is 2. The third-order valence-corrected chi connectivity index (χ3v) is 4.29. The summed E-state index contributed by atoms with van der Waals surface area (Å²) in [5, 5.41) is 5.37. The lowest BCUT2D eigenvalue weighted by Crippen LogP contribution is -2.16. The van der Waals surface area contributed by atoms with Crippen molar-refractivity contribution in [2.24, 2.45) is 5.73 Å². The quantitative estimate of drug-likeness (QED) is 0.519. The minimum Gasteiger partial charge on any atom is -0.444 e. The van der Waals surface area contributed by atoms with Crippen molar-refractivity contribution in [1.82, 2.24) is 0 Å². The van der Waals surface area contributed by atoms with Gasteiger partial charge in [0.05, 0.1) is 0 Å². The number of hydrogen-bond acceptors (Lipinski definition) is 4. The number of rotatable bonds is 6. The molecule has 0 aliphatic carbocycles. The Kier molecular flexibility index (Phi) is 7.00. The predicted octanol–water partition coefficient (Wildman–Crippen LogP) is 4.94. The summed E-state index contributed by atoms with van der Waals surface area (Å²) in [5.41, 5.74) is 7.63. The number of halogens is 2. The summed E-state index contributed by atoms with van der Waals surface area (Å²) in [6.45, 7) is 0.237. The summed E-state index contributed by atoms with van der Waals surface area (Å²) >= 11 is 6.08. The number of carbonyl (C=O) groups is 2. The molecule has 0 fully saturated rings. The van der Waals surface area contributed by atoms with Crippen molar-refractivity contribution in [2.75, 3.05) is 10.6 Å². The van der Waals surface area contributed by atoms with Gasteiger partial charge in [-0.2, -0.15) is 0 Å². The molecule has 154 valence electrons. The number of nitrogens with two attached hydrogens (primary N) is 1. The Bertz CT molecular complexity index is 1060. The molecule has 8 heteroatoms. The van der Waals surface area contributed by atoms with Crippen LogP contribution in [0.25, 0.3) is 0 Å². The molecule has 0 radical (unpaired) electrons. The van der Waals surface area contributed by atoms with Crippen LogP contribution in [-0.4, -0.2) is 12.0 Å². The monoisotopic (exact) mass is 427 g/mol. The van der Waals surface area contributed by atoms with Crippen molar-refractivity contribution in [3.05, 3.63) is 94.3 Å². The van der Waals surface area contributed by atoms with E-state index in [4.69, 9.17) is 22.1 Å². The second-order valence-corrected chi connectivity index (χ2v) is 6.86. The number of hydrogen-bond donors (Lipinski definition) is 3. The van der Waals surface area contributed by atoms with E-state index in [1.807, 2.05) is 30.3 Å². The van der Waals surface area contributed by atoms with E-state index in [1.165, 1.54) is 30.3 Å². The fourth-order valence-electron chi connectivity index (χ4n) is 2.71. The summed E-state index contributed by atoms with van der Waals surface area (Å²) in [4.78, 5) is 24.6. The molecule has 3 aromatic carbocycles. The van der Waals surface area contributed by atoms with Gasteiger partial charge in [-0.25, -0.2) is 9.18 Å². The fourth-order valence-corrected chi connectivity index (χ4v) is 2.95. The third-order valence-electron chi connectivity index (χ3n) is 4.07. The van der Waals surface area contributed by atoms with Crippen molar-refractivity contribution < 1.29 is 18.7 Å². The van der Waals surface area contributed by atoms with E-state index in [9.17, 15) is 14.0 Å². The number of anilines is 2. The molecule has 0 atom stereocenters. The van der Waals surface area contributed by atoms with Crippen LogP contribution in [0.1, 0.15) is 21.5 Å². The zero-order chi connectivity index (χ0) is 21.5. The van der Waals surface area contributed by atoms with Gasteiger partial charge in [0.1, 0.15) is 12.4 Å². The molecule has 0 spiro atoms. The lowest BCUT2D eigenvalue weighted by atomic mass is 10.1. The molecule has 0 aliphatic heterocycles. The molecule has 30 heavy (non-hydrogen) atoms. The first-order valence-corrected chi connectivity index (χ1v) is 9.40. The Morgan fingerprint density at radius 1 is 0.933 bits per heavy atom. The fraction of sp³-hybridized carbons (Fsp3) is 0.0909. The van der Waals surface area contributed by atoms with Crippen LogP contribution in [0.5, 0.6) is 0 Å². The third kappa shape index (κ3) is 6.04. The molecule has 2 amide bonds. The van der Waals surface area contributed by atoms with Gasteiger partial charge in [0.25, 0.3) is 5.91 Å². The SMILES string of the molecule is NCc1cc(F)cc(NC(=O)c2cc(Cl)cc(NC(=O)OCc3ccccc3)c2)c1. The molecule has 4 N–H and O–H groups in total. The van der Waals surface area contributed by atoms with Crippen LogP contribution < -0.4 is 16.4 Å². The van der Waals surface area contributed by atoms with Gasteiger partial charge >= 0.3 is 6.09 Å². The van der Waals surface area contributed by atoms with E-state index in [-0.39, 0.29) is 35.1 Å². The topological polar surface area (TPSA) is 93.5 Å². The highest BCUT2D eigenvalue weighted by Crippen LogP contribution is 2.21. The van der Waals surface area contributed by atoms with Crippen molar-refractivity contribution in [3.8, 4) is 0 Å². The Labute approximate surface area is 177 Å². The second kappa shape index (κ2) is 9.87. The molecular weight excluding hydrogens is 409 g/mol. The first kappa shape index (κ1) is 21.3. The van der Waals surface area contributed by atoms with E-state index in [1.54, 1.807) is 6.07 Å². The zero-order valence-electron chi connectivity index (χ0n) is 15.8. The van der Waals surface area contributed by atoms with Crippen LogP contribution in [-0.2, 0) is 17.9 Å². The van der Waals surface area contributed by atoms with Crippen molar-refractivity contribution >= 4 is 35.0 Å². The van der Waals surface area contributed by atoms with Crippen LogP contribution in [0.3, 0.4) is 0 Å². The maximum Gasteiger partial charge on any atom is 0.411 e. The van der Waals surface area contributed by atoms with Crippen LogP contribution in [0.15, 0.2) is 66.7 Å². The average molecular weight is 428 g/mol. The highest BCUT2D eigenvalue weighted by atomic mass is 35.5. The van der Waals surface area contributed by atoms with E-state index >= 15 is 0 Å². The normalized spacial score (nSPS) is 10.4. The van der Waals surface area contributed by atoms with Crippen LogP contribution in [0.4, 0.5) is 20.6 Å². The van der Waals surface area contributed by atoms with Gasteiger partial charge in [-0.15, -0.1) is 0 Å². The van der Waals surface area contributed by atoms with Crippen molar-refractivity contribution in [3.63, 3.8) is 0 Å². The minimum absolute atomic E-state index is 0.101. The second-order valence-electron chi connectivity index (χ2n) is 6.42. The number of ether oxygens (including phenoxy) is 1. The molecule has 0 bridgehead atoms. The molecule has 0 saturated heterocycles. The predicted molar refractivity (Wildman–Crippen MR) is 114 cm³/mol. The van der Waals surface area contributed by atoms with Gasteiger partial charge < -0.3 is 15.8 Å². The van der Waals surface area contributed by atoms with E-state index in [2.05, 4.69) is 10.6 Å². The van der Waals surface area contributed by atoms with Gasteiger partial charge in [0, 0.05) is 28.5 Å². The molecule has 3 rings (SSSR count). The highest BCUT2D eigenvalue weighted by molar-refractivity contribution is 6.31. The minimum atomic E-state index is -0.690. The number of benzene rings is 3. The van der Waals surface area contributed by atoms with Gasteiger partial charge in [-0.1, -0.05) is 41.9 Å². The Morgan fingerprint density at radius 3 is 2.40 bits per heavy atom. The molecule has 0 unspecified atom stereocenters. The maximum absolute atomic E-state index is 13.6. The summed E-state index contributed by atoms with van der Waals surface area (Å²) in [7, 11) is 0. The molecular formula is C22H19ClFN3O3. The number of amides is 2. The molecule has 0 aromatic heterocycles. The Morgan fingerprint density at radius 2 is 1.67 bits per heavy atom.